The molecule has 0 fully saturated rings. The normalized spacial score (nSPS) is 10.7. The summed E-state index contributed by atoms with van der Waals surface area (Å²) in [6.45, 7) is 6.65. The Morgan fingerprint density at radius 1 is 1.32 bits per heavy atom. The minimum absolute atomic E-state index is 0.241. The molecule has 0 atom stereocenters. The molecule has 0 amide bonds. The average Bonchev–Trinajstić information content (AvgIpc) is 2.45. The molecule has 4 heteroatoms. The van der Waals surface area contributed by atoms with Crippen molar-refractivity contribution in [3.63, 3.8) is 0 Å². The molecule has 0 aliphatic carbocycles. The molecule has 0 heterocycles. The van der Waals surface area contributed by atoms with Crippen molar-refractivity contribution < 1.29 is 9.84 Å². The van der Waals surface area contributed by atoms with Crippen molar-refractivity contribution in [2.75, 3.05) is 44.9 Å². The first-order valence-electron chi connectivity index (χ1n) is 6.96. The maximum Gasteiger partial charge on any atom is 0.0587 e. The van der Waals surface area contributed by atoms with Crippen LogP contribution in [0.4, 0.5) is 5.69 Å². The van der Waals surface area contributed by atoms with Crippen molar-refractivity contribution in [1.29, 1.82) is 0 Å². The van der Waals surface area contributed by atoms with E-state index in [2.05, 4.69) is 41.4 Å². The highest BCUT2D eigenvalue weighted by atomic mass is 16.5. The van der Waals surface area contributed by atoms with Gasteiger partial charge in [-0.25, -0.2) is 0 Å². The lowest BCUT2D eigenvalue weighted by molar-refractivity contribution is 0.199. The van der Waals surface area contributed by atoms with Crippen LogP contribution >= 0.6 is 0 Å². The quantitative estimate of drug-likeness (QED) is 0.632. The molecule has 108 valence electrons. The van der Waals surface area contributed by atoms with Gasteiger partial charge < -0.3 is 20.1 Å². The number of anilines is 1. The van der Waals surface area contributed by atoms with Crippen molar-refractivity contribution in [1.82, 2.24) is 5.32 Å². The van der Waals surface area contributed by atoms with Gasteiger partial charge in [-0.15, -0.1) is 0 Å². The Morgan fingerprint density at radius 2 is 2.11 bits per heavy atom. The summed E-state index contributed by atoms with van der Waals surface area (Å²) in [7, 11) is 1.71. The van der Waals surface area contributed by atoms with Crippen LogP contribution < -0.4 is 10.2 Å². The number of aliphatic hydroxyl groups is 1. The van der Waals surface area contributed by atoms with Crippen LogP contribution in [0.2, 0.25) is 0 Å². The molecule has 0 aromatic heterocycles. The first kappa shape index (κ1) is 16.0. The number of hydrogen-bond donors (Lipinski definition) is 2. The topological polar surface area (TPSA) is 44.7 Å². The molecule has 4 nitrogen and oxygen atoms in total. The summed E-state index contributed by atoms with van der Waals surface area (Å²) in [5.74, 6) is 0. The Labute approximate surface area is 116 Å². The molecule has 1 aromatic carbocycles. The van der Waals surface area contributed by atoms with Gasteiger partial charge in [-0.2, -0.15) is 0 Å². The molecule has 0 unspecified atom stereocenters. The zero-order valence-corrected chi connectivity index (χ0v) is 12.1. The van der Waals surface area contributed by atoms with Crippen molar-refractivity contribution >= 4 is 5.69 Å². The monoisotopic (exact) mass is 266 g/mol. The molecule has 2 N–H and O–H groups in total. The van der Waals surface area contributed by atoms with Gasteiger partial charge in [-0.3, -0.25) is 0 Å². The van der Waals surface area contributed by atoms with Crippen molar-refractivity contribution in [2.24, 2.45) is 0 Å². The molecule has 0 spiro atoms. The molecule has 0 radical (unpaired) electrons. The molecular formula is C15H26N2O2. The number of ether oxygens (including phenoxy) is 1. The van der Waals surface area contributed by atoms with E-state index >= 15 is 0 Å². The minimum atomic E-state index is 0.241. The highest BCUT2D eigenvalue weighted by Gasteiger charge is 2.08. The second kappa shape index (κ2) is 9.78. The first-order valence-corrected chi connectivity index (χ1v) is 6.96. The average molecular weight is 266 g/mol. The van der Waals surface area contributed by atoms with Gasteiger partial charge in [0.25, 0.3) is 0 Å². The number of hydrogen-bond acceptors (Lipinski definition) is 4. The molecule has 1 rings (SSSR count). The predicted molar refractivity (Wildman–Crippen MR) is 79.6 cm³/mol. The van der Waals surface area contributed by atoms with Crippen LogP contribution in [-0.2, 0) is 11.3 Å². The SMILES string of the molecule is CCN(CCCO)c1ccccc1CNCCOC. The smallest absolute Gasteiger partial charge is 0.0587 e. The fourth-order valence-electron chi connectivity index (χ4n) is 2.08. The summed E-state index contributed by atoms with van der Waals surface area (Å²) in [5.41, 5.74) is 2.54. The summed E-state index contributed by atoms with van der Waals surface area (Å²) >= 11 is 0. The van der Waals surface area contributed by atoms with Gasteiger partial charge in [0, 0.05) is 45.6 Å². The van der Waals surface area contributed by atoms with Crippen LogP contribution in [-0.4, -0.2) is 45.1 Å². The van der Waals surface area contributed by atoms with Gasteiger partial charge in [0.15, 0.2) is 0 Å². The van der Waals surface area contributed by atoms with Gasteiger partial charge in [-0.1, -0.05) is 18.2 Å². The Hall–Kier alpha value is -1.10. The lowest BCUT2D eigenvalue weighted by Gasteiger charge is -2.25. The Balaban J connectivity index is 2.64. The van der Waals surface area contributed by atoms with Crippen molar-refractivity contribution in [3.05, 3.63) is 29.8 Å². The van der Waals surface area contributed by atoms with Gasteiger partial charge in [0.2, 0.25) is 0 Å². The standard InChI is InChI=1S/C15H26N2O2/c1-3-17(10-6-11-18)15-8-5-4-7-14(15)13-16-9-12-19-2/h4-5,7-8,16,18H,3,6,9-13H2,1-2H3. The number of rotatable bonds is 10. The first-order chi connectivity index (χ1) is 9.33. The summed E-state index contributed by atoms with van der Waals surface area (Å²) in [6, 6.07) is 8.43. The second-order valence-corrected chi connectivity index (χ2v) is 4.46. The van der Waals surface area contributed by atoms with Crippen LogP contribution in [0.3, 0.4) is 0 Å². The summed E-state index contributed by atoms with van der Waals surface area (Å²) in [4.78, 5) is 2.31. The van der Waals surface area contributed by atoms with E-state index in [9.17, 15) is 0 Å². The maximum atomic E-state index is 8.97. The van der Waals surface area contributed by atoms with E-state index in [1.807, 2.05) is 0 Å². The van der Waals surface area contributed by atoms with Crippen LogP contribution in [0, 0.1) is 0 Å². The van der Waals surface area contributed by atoms with E-state index < -0.39 is 0 Å². The minimum Gasteiger partial charge on any atom is -0.396 e. The van der Waals surface area contributed by atoms with Crippen molar-refractivity contribution in [2.45, 2.75) is 19.9 Å². The zero-order valence-electron chi connectivity index (χ0n) is 12.1. The van der Waals surface area contributed by atoms with E-state index in [-0.39, 0.29) is 6.61 Å². The predicted octanol–water partition coefficient (Wildman–Crippen LogP) is 1.63. The van der Waals surface area contributed by atoms with E-state index in [0.717, 1.165) is 39.2 Å². The fourth-order valence-corrected chi connectivity index (χ4v) is 2.08. The highest BCUT2D eigenvalue weighted by molar-refractivity contribution is 5.53. The molecule has 0 aliphatic heterocycles. The summed E-state index contributed by atoms with van der Waals surface area (Å²) in [5, 5.41) is 12.4. The van der Waals surface area contributed by atoms with Crippen LogP contribution in [0.25, 0.3) is 0 Å². The van der Waals surface area contributed by atoms with Crippen LogP contribution in [0.1, 0.15) is 18.9 Å². The van der Waals surface area contributed by atoms with E-state index in [1.54, 1.807) is 7.11 Å². The van der Waals surface area contributed by atoms with Crippen LogP contribution in [0.15, 0.2) is 24.3 Å². The third-order valence-electron chi connectivity index (χ3n) is 3.10. The Bertz CT molecular complexity index is 345. The van der Waals surface area contributed by atoms with Gasteiger partial charge in [0.1, 0.15) is 0 Å². The lowest BCUT2D eigenvalue weighted by Crippen LogP contribution is -2.27. The number of benzene rings is 1. The third-order valence-corrected chi connectivity index (χ3v) is 3.10. The largest absolute Gasteiger partial charge is 0.396 e. The van der Waals surface area contributed by atoms with Crippen LogP contribution in [0.5, 0.6) is 0 Å². The Morgan fingerprint density at radius 3 is 2.79 bits per heavy atom. The Kier molecular flexibility index (Phi) is 8.21. The lowest BCUT2D eigenvalue weighted by atomic mass is 10.1. The number of nitrogens with one attached hydrogen (secondary N) is 1. The number of para-hydroxylation sites is 1. The molecule has 1 aromatic rings. The zero-order chi connectivity index (χ0) is 13.9. The third kappa shape index (κ3) is 5.59. The number of methoxy groups -OCH3 is 1. The molecule has 0 saturated carbocycles. The summed E-state index contributed by atoms with van der Waals surface area (Å²) in [6.07, 6.45) is 0.805. The van der Waals surface area contributed by atoms with Gasteiger partial charge >= 0.3 is 0 Å². The molecule has 0 bridgehead atoms. The van der Waals surface area contributed by atoms with E-state index in [4.69, 9.17) is 9.84 Å². The van der Waals surface area contributed by atoms with Gasteiger partial charge in [0.05, 0.1) is 6.61 Å². The highest BCUT2D eigenvalue weighted by Crippen LogP contribution is 2.20. The fraction of sp³-hybridized carbons (Fsp3) is 0.600. The maximum absolute atomic E-state index is 8.97. The van der Waals surface area contributed by atoms with Gasteiger partial charge in [-0.05, 0) is 25.0 Å². The molecule has 0 saturated heterocycles. The summed E-state index contributed by atoms with van der Waals surface area (Å²) < 4.78 is 5.03. The van der Waals surface area contributed by atoms with Crippen molar-refractivity contribution in [3.8, 4) is 0 Å². The van der Waals surface area contributed by atoms with E-state index in [1.165, 1.54) is 11.3 Å². The van der Waals surface area contributed by atoms with E-state index in [0.29, 0.717) is 0 Å². The number of nitrogens with zero attached hydrogens (tertiary/aromatic N) is 1. The number of aliphatic hydroxyl groups excluding tert-OH is 1. The second-order valence-electron chi connectivity index (χ2n) is 4.46. The molecular weight excluding hydrogens is 240 g/mol. The molecule has 0 aliphatic rings. The molecule has 19 heavy (non-hydrogen) atoms.